The summed E-state index contributed by atoms with van der Waals surface area (Å²) in [4.78, 5) is 24.2. The Hall–Kier alpha value is -1.42. The van der Waals surface area contributed by atoms with Gasteiger partial charge in [-0.25, -0.2) is 0 Å². The van der Waals surface area contributed by atoms with Crippen LogP contribution in [0.15, 0.2) is 42.5 Å². The Morgan fingerprint density at radius 1 is 0.885 bits per heavy atom. The fourth-order valence-electron chi connectivity index (χ4n) is 4.16. The number of fused-ring (bicyclic) bond motifs is 1. The Labute approximate surface area is 177 Å². The molecule has 0 fully saturated rings. The molecule has 0 heterocycles. The molecule has 0 saturated heterocycles. The molecule has 0 saturated carbocycles. The van der Waals surface area contributed by atoms with Gasteiger partial charge < -0.3 is 9.90 Å². The summed E-state index contributed by atoms with van der Waals surface area (Å²) in [6, 6.07) is 12.0. The van der Waals surface area contributed by atoms with E-state index in [0.717, 1.165) is 0 Å². The maximum Gasteiger partial charge on any atom is 1.00 e. The van der Waals surface area contributed by atoms with Crippen LogP contribution in [0, 0.1) is 5.92 Å². The zero-order valence-electron chi connectivity index (χ0n) is 16.3. The first-order valence-electron chi connectivity index (χ1n) is 8.58. The van der Waals surface area contributed by atoms with Crippen molar-refractivity contribution in [2.24, 2.45) is 5.92 Å². The van der Waals surface area contributed by atoms with Gasteiger partial charge in [0.15, 0.2) is 5.78 Å². The quantitative estimate of drug-likeness (QED) is 0.593. The summed E-state index contributed by atoms with van der Waals surface area (Å²) in [6.07, 6.45) is 0. The minimum absolute atomic E-state index is 0. The fraction of sp³-hybridized carbons (Fsp3) is 0.364. The summed E-state index contributed by atoms with van der Waals surface area (Å²) < 4.78 is 0. The molecule has 0 radical (unpaired) electrons. The van der Waals surface area contributed by atoms with Gasteiger partial charge in [0, 0.05) is 16.7 Å². The van der Waals surface area contributed by atoms with Crippen molar-refractivity contribution in [1.82, 2.24) is 0 Å². The summed E-state index contributed by atoms with van der Waals surface area (Å²) in [5, 5.41) is 11.3. The van der Waals surface area contributed by atoms with Crippen molar-refractivity contribution in [2.75, 3.05) is 0 Å². The molecular formula is C22H23NaO3. The summed E-state index contributed by atoms with van der Waals surface area (Å²) in [5.41, 5.74) is 3.03. The third kappa shape index (κ3) is 3.06. The summed E-state index contributed by atoms with van der Waals surface area (Å²) in [7, 11) is 0. The van der Waals surface area contributed by atoms with Gasteiger partial charge in [-0.3, -0.25) is 4.79 Å². The molecule has 1 unspecified atom stereocenters. The topological polar surface area (TPSA) is 57.2 Å². The molecule has 0 spiro atoms. The maximum atomic E-state index is 12.9. The molecule has 2 aromatic carbocycles. The van der Waals surface area contributed by atoms with Gasteiger partial charge in [0.2, 0.25) is 0 Å². The smallest absolute Gasteiger partial charge is 0.545 e. The average molecular weight is 358 g/mol. The van der Waals surface area contributed by atoms with Crippen LogP contribution in [-0.2, 0) is 10.8 Å². The van der Waals surface area contributed by atoms with Crippen molar-refractivity contribution in [3.05, 3.63) is 70.3 Å². The van der Waals surface area contributed by atoms with Crippen molar-refractivity contribution in [3.63, 3.8) is 0 Å². The Balaban J connectivity index is 0.00000243. The molecule has 0 aromatic heterocycles. The minimum atomic E-state index is -1.33. The van der Waals surface area contributed by atoms with E-state index in [9.17, 15) is 14.7 Å². The zero-order valence-corrected chi connectivity index (χ0v) is 18.3. The van der Waals surface area contributed by atoms with E-state index in [1.807, 2.05) is 18.2 Å². The first kappa shape index (κ1) is 20.9. The van der Waals surface area contributed by atoms with Crippen LogP contribution in [-0.4, -0.2) is 11.8 Å². The molecule has 0 aliphatic heterocycles. The Morgan fingerprint density at radius 3 is 2.00 bits per heavy atom. The Morgan fingerprint density at radius 2 is 1.42 bits per heavy atom. The van der Waals surface area contributed by atoms with E-state index in [2.05, 4.69) is 34.6 Å². The predicted octanol–water partition coefficient (Wildman–Crippen LogP) is 0.490. The average Bonchev–Trinajstić information content (AvgIpc) is 2.72. The third-order valence-electron chi connectivity index (χ3n) is 6.23. The first-order chi connectivity index (χ1) is 11.6. The van der Waals surface area contributed by atoms with Gasteiger partial charge in [-0.05, 0) is 33.9 Å². The summed E-state index contributed by atoms with van der Waals surface area (Å²) in [5.74, 6) is -1.19. The summed E-state index contributed by atoms with van der Waals surface area (Å²) >= 11 is 0. The van der Waals surface area contributed by atoms with E-state index < -0.39 is 5.97 Å². The number of carbonyl (C=O) groups excluding carboxylic acids is 2. The molecule has 0 N–H and O–H groups in total. The number of aromatic carboxylic acids is 1. The molecule has 0 bridgehead atoms. The largest absolute Gasteiger partial charge is 1.00 e. The predicted molar refractivity (Wildman–Crippen MR) is 95.9 cm³/mol. The van der Waals surface area contributed by atoms with Crippen LogP contribution in [0.4, 0.5) is 0 Å². The monoisotopic (exact) mass is 358 g/mol. The molecule has 2 aromatic rings. The molecular weight excluding hydrogens is 335 g/mol. The summed E-state index contributed by atoms with van der Waals surface area (Å²) in [6.45, 7) is 11.1. The molecule has 1 aliphatic rings. The normalized spacial score (nSPS) is 19.3. The van der Waals surface area contributed by atoms with Gasteiger partial charge in [0.05, 0.1) is 5.97 Å². The van der Waals surface area contributed by atoms with Crippen molar-refractivity contribution in [3.8, 4) is 0 Å². The van der Waals surface area contributed by atoms with Gasteiger partial charge >= 0.3 is 29.6 Å². The molecule has 3 nitrogen and oxygen atoms in total. The van der Waals surface area contributed by atoms with Crippen LogP contribution < -0.4 is 34.7 Å². The Bertz CT molecular complexity index is 881. The first-order valence-corrected chi connectivity index (χ1v) is 8.58. The van der Waals surface area contributed by atoms with Crippen molar-refractivity contribution < 1.29 is 44.3 Å². The van der Waals surface area contributed by atoms with E-state index in [4.69, 9.17) is 0 Å². The van der Waals surface area contributed by atoms with E-state index in [-0.39, 0.29) is 57.3 Å². The number of carboxylic acid groups (broad SMARTS) is 1. The van der Waals surface area contributed by atoms with Gasteiger partial charge in [-0.15, -0.1) is 0 Å². The van der Waals surface area contributed by atoms with Crippen LogP contribution in [0.3, 0.4) is 0 Å². The van der Waals surface area contributed by atoms with E-state index in [0.29, 0.717) is 11.5 Å². The zero-order chi connectivity index (χ0) is 18.6. The molecule has 1 atom stereocenters. The van der Waals surface area contributed by atoms with E-state index in [1.54, 1.807) is 18.2 Å². The third-order valence-corrected chi connectivity index (χ3v) is 6.23. The standard InChI is InChI=1S/C22H24O3.Na/c1-13-21(2,3)17-11-10-14(12-18(17)22(13,4)5)19(23)15-8-6-7-9-16(15)20(24)25;/h6-13H,1-5H3,(H,24,25);/q;+1/p-1. The second kappa shape index (κ2) is 6.95. The number of rotatable bonds is 3. The van der Waals surface area contributed by atoms with Crippen LogP contribution in [0.5, 0.6) is 0 Å². The molecule has 26 heavy (non-hydrogen) atoms. The number of carboxylic acids is 1. The second-order valence-corrected chi connectivity index (χ2v) is 8.09. The van der Waals surface area contributed by atoms with Crippen molar-refractivity contribution >= 4 is 11.8 Å². The van der Waals surface area contributed by atoms with Crippen LogP contribution >= 0.6 is 0 Å². The Kier molecular flexibility index (Phi) is 5.59. The molecule has 130 valence electrons. The van der Waals surface area contributed by atoms with Crippen LogP contribution in [0.25, 0.3) is 0 Å². The van der Waals surface area contributed by atoms with E-state index in [1.165, 1.54) is 17.2 Å². The number of ketones is 1. The SMILES string of the molecule is CC1C(C)(C)c2ccc(C(=O)c3ccccc3C(=O)[O-])cc2C1(C)C.[Na+]. The van der Waals surface area contributed by atoms with Gasteiger partial charge in [-0.2, -0.15) is 0 Å². The molecule has 1 aliphatic carbocycles. The van der Waals surface area contributed by atoms with E-state index >= 15 is 0 Å². The van der Waals surface area contributed by atoms with Gasteiger partial charge in [0.1, 0.15) is 0 Å². The number of benzene rings is 2. The van der Waals surface area contributed by atoms with Crippen LogP contribution in [0.2, 0.25) is 0 Å². The second-order valence-electron chi connectivity index (χ2n) is 8.09. The van der Waals surface area contributed by atoms with Crippen molar-refractivity contribution in [2.45, 2.75) is 45.4 Å². The number of hydrogen-bond donors (Lipinski definition) is 0. The maximum absolute atomic E-state index is 12.9. The van der Waals surface area contributed by atoms with Crippen molar-refractivity contribution in [1.29, 1.82) is 0 Å². The van der Waals surface area contributed by atoms with Gasteiger partial charge in [0.25, 0.3) is 0 Å². The van der Waals surface area contributed by atoms with Crippen LogP contribution in [0.1, 0.15) is 72.0 Å². The minimum Gasteiger partial charge on any atom is -0.545 e. The number of carbonyl (C=O) groups is 2. The fourth-order valence-corrected chi connectivity index (χ4v) is 4.16. The van der Waals surface area contributed by atoms with Gasteiger partial charge in [-0.1, -0.05) is 71.0 Å². The number of hydrogen-bond acceptors (Lipinski definition) is 3. The molecule has 4 heteroatoms. The molecule has 0 amide bonds. The molecule has 3 rings (SSSR count).